The number of hydrogen-bond donors (Lipinski definition) is 1. The second-order valence-electron chi connectivity index (χ2n) is 7.10. The summed E-state index contributed by atoms with van der Waals surface area (Å²) >= 11 is 0. The normalized spacial score (nSPS) is 15.0. The van der Waals surface area contributed by atoms with Gasteiger partial charge in [0.25, 0.3) is 0 Å². The van der Waals surface area contributed by atoms with Gasteiger partial charge in [-0.25, -0.2) is 0 Å². The topological polar surface area (TPSA) is 53.5 Å². The van der Waals surface area contributed by atoms with Crippen LogP contribution < -0.4 is 36.7 Å². The van der Waals surface area contributed by atoms with Gasteiger partial charge in [0.15, 0.2) is 23.0 Å². The molecule has 0 saturated carbocycles. The highest BCUT2D eigenvalue weighted by atomic mass is 35.5. The van der Waals surface area contributed by atoms with Crippen LogP contribution in [0.1, 0.15) is 50.4 Å². The number of benzene rings is 2. The minimum atomic E-state index is 0. The maximum absolute atomic E-state index is 5.87. The van der Waals surface area contributed by atoms with Crippen molar-refractivity contribution in [1.82, 2.24) is 0 Å². The summed E-state index contributed by atoms with van der Waals surface area (Å²) in [4.78, 5) is 0. The number of nitrogens with two attached hydrogens (primary N) is 1. The Hall–Kier alpha value is -2.11. The molecule has 0 fully saturated rings. The van der Waals surface area contributed by atoms with Crippen molar-refractivity contribution in [2.45, 2.75) is 46.6 Å². The van der Waals surface area contributed by atoms with Gasteiger partial charge in [-0.3, -0.25) is 0 Å². The molecule has 0 amide bonds. The van der Waals surface area contributed by atoms with Crippen molar-refractivity contribution in [3.8, 4) is 23.0 Å². The third-order valence-electron chi connectivity index (χ3n) is 5.13. The molecule has 1 unspecified atom stereocenters. The molecule has 2 N–H and O–H groups in total. The van der Waals surface area contributed by atoms with E-state index in [0.717, 1.165) is 42.4 Å². The molecule has 2 aromatic rings. The quantitative estimate of drug-likeness (QED) is 0.596. The SMILES string of the molecule is CCOc1ccc(CC2[NH2+]CCc3cc(OCC)c(OCC)cc32)cc1OCC.[Cl-]. The molecule has 5 nitrogen and oxygen atoms in total. The van der Waals surface area contributed by atoms with Gasteiger partial charge in [-0.2, -0.15) is 0 Å². The summed E-state index contributed by atoms with van der Waals surface area (Å²) in [6.45, 7) is 11.6. The van der Waals surface area contributed by atoms with E-state index in [0.29, 0.717) is 32.5 Å². The molecular weight excluding hydrogens is 402 g/mol. The van der Waals surface area contributed by atoms with Gasteiger partial charge in [-0.15, -0.1) is 0 Å². The second kappa shape index (κ2) is 11.9. The van der Waals surface area contributed by atoms with Crippen molar-refractivity contribution in [2.24, 2.45) is 0 Å². The molecular formula is C24H34ClNO4. The Balaban J connectivity index is 0.00000320. The molecule has 1 heterocycles. The third-order valence-corrected chi connectivity index (χ3v) is 5.13. The van der Waals surface area contributed by atoms with Gasteiger partial charge in [0.2, 0.25) is 0 Å². The molecule has 0 saturated heterocycles. The van der Waals surface area contributed by atoms with E-state index < -0.39 is 0 Å². The third kappa shape index (κ3) is 5.73. The van der Waals surface area contributed by atoms with Crippen molar-refractivity contribution in [3.63, 3.8) is 0 Å². The summed E-state index contributed by atoms with van der Waals surface area (Å²) in [6.07, 6.45) is 1.98. The van der Waals surface area contributed by atoms with E-state index in [1.54, 1.807) is 0 Å². The molecule has 1 atom stereocenters. The number of halogens is 1. The summed E-state index contributed by atoms with van der Waals surface area (Å²) in [5, 5.41) is 2.43. The zero-order valence-electron chi connectivity index (χ0n) is 18.5. The Bertz CT molecular complexity index is 812. The van der Waals surface area contributed by atoms with Gasteiger partial charge in [0.05, 0.1) is 33.0 Å². The molecule has 0 bridgehead atoms. The maximum atomic E-state index is 5.87. The lowest BCUT2D eigenvalue weighted by molar-refractivity contribution is -0.698. The lowest BCUT2D eigenvalue weighted by Gasteiger charge is -2.26. The average molecular weight is 436 g/mol. The number of fused-ring (bicyclic) bond motifs is 1. The lowest BCUT2D eigenvalue weighted by Crippen LogP contribution is -3.00. The highest BCUT2D eigenvalue weighted by Crippen LogP contribution is 2.36. The first-order valence-electron chi connectivity index (χ1n) is 10.8. The lowest BCUT2D eigenvalue weighted by atomic mass is 9.89. The van der Waals surface area contributed by atoms with E-state index in [1.807, 2.05) is 33.8 Å². The van der Waals surface area contributed by atoms with Crippen molar-refractivity contribution >= 4 is 0 Å². The summed E-state index contributed by atoms with van der Waals surface area (Å²) in [7, 11) is 0. The van der Waals surface area contributed by atoms with Gasteiger partial charge in [-0.05, 0) is 63.1 Å². The standard InChI is InChI=1S/C24H33NO4.ClH/c1-5-26-21-10-9-17(14-22(21)27-6-2)13-20-19-16-24(29-8-4)23(28-7-3)15-18(19)11-12-25-20;/h9-10,14-16,20,25H,5-8,11-13H2,1-4H3;1H. The molecule has 30 heavy (non-hydrogen) atoms. The van der Waals surface area contributed by atoms with E-state index >= 15 is 0 Å². The first-order valence-corrected chi connectivity index (χ1v) is 10.8. The van der Waals surface area contributed by atoms with Crippen LogP contribution >= 0.6 is 0 Å². The second-order valence-corrected chi connectivity index (χ2v) is 7.10. The first-order chi connectivity index (χ1) is 14.2. The minimum Gasteiger partial charge on any atom is -1.00 e. The largest absolute Gasteiger partial charge is 1.00 e. The Morgan fingerprint density at radius 1 is 0.767 bits per heavy atom. The van der Waals surface area contributed by atoms with Gasteiger partial charge in [-0.1, -0.05) is 6.07 Å². The van der Waals surface area contributed by atoms with Gasteiger partial charge >= 0.3 is 0 Å². The zero-order chi connectivity index (χ0) is 20.6. The molecule has 0 aromatic heterocycles. The van der Waals surface area contributed by atoms with E-state index in [4.69, 9.17) is 18.9 Å². The van der Waals surface area contributed by atoms with Crippen LogP contribution in [0.4, 0.5) is 0 Å². The monoisotopic (exact) mass is 435 g/mol. The number of rotatable bonds is 10. The van der Waals surface area contributed by atoms with Crippen LogP contribution in [-0.2, 0) is 12.8 Å². The number of quaternary nitrogens is 1. The van der Waals surface area contributed by atoms with Crippen molar-refractivity contribution in [3.05, 3.63) is 47.0 Å². The van der Waals surface area contributed by atoms with Crippen LogP contribution in [0.15, 0.2) is 30.3 Å². The highest BCUT2D eigenvalue weighted by molar-refractivity contribution is 5.49. The fourth-order valence-corrected chi connectivity index (χ4v) is 3.95. The molecule has 2 aromatic carbocycles. The maximum Gasteiger partial charge on any atom is 0.161 e. The minimum absolute atomic E-state index is 0. The zero-order valence-corrected chi connectivity index (χ0v) is 19.3. The molecule has 0 radical (unpaired) electrons. The summed E-state index contributed by atoms with van der Waals surface area (Å²) in [5.41, 5.74) is 3.95. The number of ether oxygens (including phenoxy) is 4. The fraction of sp³-hybridized carbons (Fsp3) is 0.500. The molecule has 6 heteroatoms. The van der Waals surface area contributed by atoms with Crippen LogP contribution in [0.25, 0.3) is 0 Å². The van der Waals surface area contributed by atoms with E-state index in [-0.39, 0.29) is 12.4 Å². The van der Waals surface area contributed by atoms with Gasteiger partial charge < -0.3 is 36.7 Å². The molecule has 3 rings (SSSR count). The predicted molar refractivity (Wildman–Crippen MR) is 115 cm³/mol. The summed E-state index contributed by atoms with van der Waals surface area (Å²) in [5.74, 6) is 3.33. The summed E-state index contributed by atoms with van der Waals surface area (Å²) < 4.78 is 23.2. The predicted octanol–water partition coefficient (Wildman–Crippen LogP) is 0.689. The van der Waals surface area contributed by atoms with Crippen LogP contribution in [0, 0.1) is 0 Å². The van der Waals surface area contributed by atoms with E-state index in [2.05, 4.69) is 29.6 Å². The fourth-order valence-electron chi connectivity index (χ4n) is 3.95. The summed E-state index contributed by atoms with van der Waals surface area (Å²) in [6, 6.07) is 11.0. The van der Waals surface area contributed by atoms with Gasteiger partial charge in [0, 0.05) is 18.4 Å². The van der Waals surface area contributed by atoms with Crippen LogP contribution in [0.3, 0.4) is 0 Å². The van der Waals surface area contributed by atoms with Crippen LogP contribution in [-0.4, -0.2) is 33.0 Å². The molecule has 0 aliphatic carbocycles. The smallest absolute Gasteiger partial charge is 0.161 e. The first kappa shape index (κ1) is 24.2. The Morgan fingerprint density at radius 3 is 1.97 bits per heavy atom. The molecule has 0 spiro atoms. The Morgan fingerprint density at radius 2 is 1.33 bits per heavy atom. The Labute approximate surface area is 186 Å². The highest BCUT2D eigenvalue weighted by Gasteiger charge is 2.26. The number of hydrogen-bond acceptors (Lipinski definition) is 4. The average Bonchev–Trinajstić information content (AvgIpc) is 2.71. The van der Waals surface area contributed by atoms with E-state index in [1.165, 1.54) is 16.7 Å². The molecule has 1 aliphatic heterocycles. The van der Waals surface area contributed by atoms with E-state index in [9.17, 15) is 0 Å². The van der Waals surface area contributed by atoms with Crippen molar-refractivity contribution in [2.75, 3.05) is 33.0 Å². The van der Waals surface area contributed by atoms with Crippen LogP contribution in [0.5, 0.6) is 23.0 Å². The van der Waals surface area contributed by atoms with Gasteiger partial charge in [0.1, 0.15) is 6.04 Å². The Kier molecular flexibility index (Phi) is 9.60. The van der Waals surface area contributed by atoms with Crippen molar-refractivity contribution < 1.29 is 36.7 Å². The molecule has 166 valence electrons. The van der Waals surface area contributed by atoms with Crippen LogP contribution in [0.2, 0.25) is 0 Å². The molecule has 1 aliphatic rings. The van der Waals surface area contributed by atoms with Crippen molar-refractivity contribution in [1.29, 1.82) is 0 Å².